The normalized spacial score (nSPS) is 19.6. The van der Waals surface area contributed by atoms with Gasteiger partial charge in [0.05, 0.1) is 13.2 Å². The van der Waals surface area contributed by atoms with Crippen molar-refractivity contribution in [3.8, 4) is 11.1 Å². The van der Waals surface area contributed by atoms with Crippen molar-refractivity contribution >= 4 is 17.7 Å². The number of hydrogen-bond acceptors (Lipinski definition) is 5. The summed E-state index contributed by atoms with van der Waals surface area (Å²) in [5, 5.41) is 5.81. The highest BCUT2D eigenvalue weighted by Gasteiger charge is 2.25. The number of fused-ring (bicyclic) bond motifs is 5. The zero-order valence-electron chi connectivity index (χ0n) is 17.9. The third-order valence-corrected chi connectivity index (χ3v) is 5.66. The number of likely N-dealkylation sites (N-methyl/N-ethyl adjacent to an activating group) is 1. The number of aryl methyl sites for hydroxylation is 2. The van der Waals surface area contributed by atoms with E-state index in [1.807, 2.05) is 50.2 Å². The number of methoxy groups -OCH3 is 1. The van der Waals surface area contributed by atoms with Gasteiger partial charge < -0.3 is 15.4 Å². The highest BCUT2D eigenvalue weighted by molar-refractivity contribution is 5.91. The van der Waals surface area contributed by atoms with Crippen LogP contribution in [0.3, 0.4) is 0 Å². The standard InChI is InChI=1S/C24H28N2O4/c1-14-5-7-16-11-18(14)19-13-17(8-6-15(19)2)23(25-3)21(27)9-10-22(28)26-20(12-16)24(29)30-4/h5-8,11,13,20,23,25H,9-10,12H2,1-4H3,(H,26,28)/t20-,23-/m0/s1. The first-order valence-electron chi connectivity index (χ1n) is 10.1. The van der Waals surface area contributed by atoms with Crippen LogP contribution in [-0.2, 0) is 25.5 Å². The minimum absolute atomic E-state index is 0.0162. The molecule has 1 aliphatic heterocycles. The summed E-state index contributed by atoms with van der Waals surface area (Å²) < 4.78 is 4.88. The maximum atomic E-state index is 12.8. The van der Waals surface area contributed by atoms with E-state index in [2.05, 4.69) is 10.6 Å². The van der Waals surface area contributed by atoms with Crippen LogP contribution in [0.2, 0.25) is 0 Å². The summed E-state index contributed by atoms with van der Waals surface area (Å²) in [6.45, 7) is 4.08. The predicted molar refractivity (Wildman–Crippen MR) is 115 cm³/mol. The molecule has 0 unspecified atom stereocenters. The Morgan fingerprint density at radius 2 is 1.70 bits per heavy atom. The van der Waals surface area contributed by atoms with Gasteiger partial charge in [0, 0.05) is 19.3 Å². The number of carbonyl (C=O) groups is 3. The van der Waals surface area contributed by atoms with E-state index in [0.29, 0.717) is 6.42 Å². The maximum Gasteiger partial charge on any atom is 0.328 e. The molecule has 4 bridgehead atoms. The third-order valence-electron chi connectivity index (χ3n) is 5.66. The summed E-state index contributed by atoms with van der Waals surface area (Å²) in [6.07, 6.45) is 0.415. The van der Waals surface area contributed by atoms with Gasteiger partial charge in [-0.25, -0.2) is 4.79 Å². The van der Waals surface area contributed by atoms with Crippen LogP contribution in [0.15, 0.2) is 36.4 Å². The minimum Gasteiger partial charge on any atom is -0.467 e. The van der Waals surface area contributed by atoms with E-state index in [1.54, 1.807) is 7.05 Å². The van der Waals surface area contributed by atoms with E-state index >= 15 is 0 Å². The third kappa shape index (κ3) is 4.60. The molecule has 1 aliphatic rings. The second-order valence-electron chi connectivity index (χ2n) is 7.76. The van der Waals surface area contributed by atoms with Crippen molar-refractivity contribution in [1.29, 1.82) is 0 Å². The Morgan fingerprint density at radius 1 is 1.03 bits per heavy atom. The molecule has 0 aromatic heterocycles. The fourth-order valence-electron chi connectivity index (χ4n) is 3.93. The molecule has 0 aliphatic carbocycles. The van der Waals surface area contributed by atoms with Crippen LogP contribution >= 0.6 is 0 Å². The molecule has 3 rings (SSSR count). The average Bonchev–Trinajstić information content (AvgIpc) is 2.73. The van der Waals surface area contributed by atoms with Crippen molar-refractivity contribution in [3.63, 3.8) is 0 Å². The van der Waals surface area contributed by atoms with Gasteiger partial charge in [0.15, 0.2) is 5.78 Å². The van der Waals surface area contributed by atoms with Crippen LogP contribution in [0.1, 0.15) is 41.1 Å². The lowest BCUT2D eigenvalue weighted by Crippen LogP contribution is -2.43. The lowest BCUT2D eigenvalue weighted by atomic mass is 9.89. The molecule has 1 amide bonds. The quantitative estimate of drug-likeness (QED) is 0.747. The minimum atomic E-state index is -0.802. The van der Waals surface area contributed by atoms with E-state index in [-0.39, 0.29) is 24.5 Å². The molecule has 6 heteroatoms. The Bertz CT molecular complexity index is 983. The average molecular weight is 408 g/mol. The van der Waals surface area contributed by atoms with Crippen LogP contribution in [0.5, 0.6) is 0 Å². The van der Waals surface area contributed by atoms with Gasteiger partial charge in [-0.15, -0.1) is 0 Å². The molecule has 158 valence electrons. The Labute approximate surface area is 177 Å². The van der Waals surface area contributed by atoms with Gasteiger partial charge in [-0.05, 0) is 60.3 Å². The van der Waals surface area contributed by atoms with Crippen molar-refractivity contribution in [2.45, 2.75) is 45.2 Å². The summed E-state index contributed by atoms with van der Waals surface area (Å²) >= 11 is 0. The van der Waals surface area contributed by atoms with Crippen LogP contribution in [0, 0.1) is 13.8 Å². The number of hydrogen-bond donors (Lipinski definition) is 2. The van der Waals surface area contributed by atoms with Gasteiger partial charge >= 0.3 is 5.97 Å². The zero-order chi connectivity index (χ0) is 21.8. The summed E-state index contributed by atoms with van der Waals surface area (Å²) in [5.74, 6) is -0.919. The second-order valence-corrected chi connectivity index (χ2v) is 7.76. The number of rotatable bonds is 2. The van der Waals surface area contributed by atoms with Crippen molar-refractivity contribution in [2.24, 2.45) is 0 Å². The molecular weight excluding hydrogens is 380 g/mol. The van der Waals surface area contributed by atoms with Gasteiger partial charge in [-0.2, -0.15) is 0 Å². The number of nitrogens with one attached hydrogen (secondary N) is 2. The Balaban J connectivity index is 2.15. The molecule has 0 spiro atoms. The van der Waals surface area contributed by atoms with Crippen LogP contribution in [0.25, 0.3) is 11.1 Å². The van der Waals surface area contributed by atoms with Crippen LogP contribution < -0.4 is 10.6 Å². The predicted octanol–water partition coefficient (Wildman–Crippen LogP) is 2.79. The lowest BCUT2D eigenvalue weighted by Gasteiger charge is -2.21. The van der Waals surface area contributed by atoms with Gasteiger partial charge in [0.1, 0.15) is 6.04 Å². The van der Waals surface area contributed by atoms with Gasteiger partial charge in [-0.1, -0.05) is 30.3 Å². The number of amides is 1. The van der Waals surface area contributed by atoms with Crippen LogP contribution in [-0.4, -0.2) is 37.9 Å². The van der Waals surface area contributed by atoms with Gasteiger partial charge in [0.2, 0.25) is 5.91 Å². The number of carbonyl (C=O) groups excluding carboxylic acids is 3. The van der Waals surface area contributed by atoms with Crippen molar-refractivity contribution < 1.29 is 19.1 Å². The molecule has 2 N–H and O–H groups in total. The second kappa shape index (κ2) is 9.22. The molecule has 0 saturated carbocycles. The Morgan fingerprint density at radius 3 is 2.37 bits per heavy atom. The first-order chi connectivity index (χ1) is 14.3. The van der Waals surface area contributed by atoms with Crippen molar-refractivity contribution in [1.82, 2.24) is 10.6 Å². The van der Waals surface area contributed by atoms with E-state index in [0.717, 1.165) is 33.4 Å². The number of ether oxygens (including phenoxy) is 1. The SMILES string of the molecule is CN[C@@H]1C(=O)CCC(=O)N[C@H](C(=O)OC)Cc2ccc(C)c(c2)-c2cc1ccc2C. The highest BCUT2D eigenvalue weighted by atomic mass is 16.5. The van der Waals surface area contributed by atoms with E-state index in [1.165, 1.54) is 7.11 Å². The van der Waals surface area contributed by atoms with Crippen molar-refractivity contribution in [2.75, 3.05) is 14.2 Å². The lowest BCUT2D eigenvalue weighted by molar-refractivity contribution is -0.145. The van der Waals surface area contributed by atoms with E-state index < -0.39 is 18.1 Å². The fraction of sp³-hybridized carbons (Fsp3) is 0.375. The number of esters is 1. The van der Waals surface area contributed by atoms with E-state index in [4.69, 9.17) is 4.74 Å². The molecule has 0 saturated heterocycles. The molecule has 0 radical (unpaired) electrons. The fourth-order valence-corrected chi connectivity index (χ4v) is 3.93. The van der Waals surface area contributed by atoms with Gasteiger partial charge in [0.25, 0.3) is 0 Å². The monoisotopic (exact) mass is 408 g/mol. The molecular formula is C24H28N2O4. The maximum absolute atomic E-state index is 12.8. The number of Topliss-reactive ketones (excluding diaryl/α,β-unsaturated/α-hetero) is 1. The van der Waals surface area contributed by atoms with Crippen LogP contribution in [0.4, 0.5) is 0 Å². The molecule has 1 heterocycles. The zero-order valence-corrected chi connectivity index (χ0v) is 17.9. The first-order valence-corrected chi connectivity index (χ1v) is 10.1. The largest absolute Gasteiger partial charge is 0.467 e. The van der Waals surface area contributed by atoms with Gasteiger partial charge in [-0.3, -0.25) is 9.59 Å². The summed E-state index contributed by atoms with van der Waals surface area (Å²) in [4.78, 5) is 37.5. The topological polar surface area (TPSA) is 84.5 Å². The summed E-state index contributed by atoms with van der Waals surface area (Å²) in [5.41, 5.74) is 6.09. The molecule has 0 fully saturated rings. The molecule has 6 nitrogen and oxygen atoms in total. The molecule has 2 atom stereocenters. The number of ketones is 1. The Kier molecular flexibility index (Phi) is 6.67. The van der Waals surface area contributed by atoms with E-state index in [9.17, 15) is 14.4 Å². The van der Waals surface area contributed by atoms with Crippen molar-refractivity contribution in [3.05, 3.63) is 58.7 Å². The first kappa shape index (κ1) is 21.7. The molecule has 2 aromatic carbocycles. The summed E-state index contributed by atoms with van der Waals surface area (Å²) in [7, 11) is 3.04. The number of benzene rings is 2. The smallest absolute Gasteiger partial charge is 0.328 e. The Hall–Kier alpha value is -2.99. The molecule has 30 heavy (non-hydrogen) atoms. The highest BCUT2D eigenvalue weighted by Crippen LogP contribution is 2.31. The summed E-state index contributed by atoms with van der Waals surface area (Å²) in [6, 6.07) is 10.7. The molecule has 2 aromatic rings.